The molecule has 2 aromatic rings. The quantitative estimate of drug-likeness (QED) is 0.392. The Balaban J connectivity index is 1.46. The van der Waals surface area contributed by atoms with Crippen molar-refractivity contribution in [2.75, 3.05) is 49.5 Å². The molecule has 1 fully saturated rings. The van der Waals surface area contributed by atoms with Crippen molar-refractivity contribution in [3.05, 3.63) is 54.1 Å². The van der Waals surface area contributed by atoms with E-state index in [1.807, 2.05) is 6.07 Å². The van der Waals surface area contributed by atoms with Gasteiger partial charge in [-0.25, -0.2) is 8.42 Å². The average molecular weight is 474 g/mol. The van der Waals surface area contributed by atoms with Gasteiger partial charge in [-0.05, 0) is 63.6 Å². The van der Waals surface area contributed by atoms with E-state index in [-0.39, 0.29) is 5.78 Å². The average Bonchev–Trinajstić information content (AvgIpc) is 2.82. The molecule has 1 heterocycles. The van der Waals surface area contributed by atoms with Crippen molar-refractivity contribution in [1.82, 2.24) is 4.90 Å². The van der Waals surface area contributed by atoms with E-state index in [1.165, 1.54) is 12.8 Å². The zero-order valence-corrected chi connectivity index (χ0v) is 20.6. The number of nitrogens with zero attached hydrogens (tertiary/aromatic N) is 2. The number of carbonyl (C=O) groups is 1. The van der Waals surface area contributed by atoms with Gasteiger partial charge in [0.15, 0.2) is 5.78 Å². The summed E-state index contributed by atoms with van der Waals surface area (Å²) in [4.78, 5) is 17.6. The second kappa shape index (κ2) is 11.5. The number of piperazine rings is 1. The summed E-state index contributed by atoms with van der Waals surface area (Å²) in [6.45, 7) is 8.28. The number of ether oxygens (including phenoxy) is 1. The summed E-state index contributed by atoms with van der Waals surface area (Å²) in [6, 6.07) is 15.4. The first-order chi connectivity index (χ1) is 15.8. The third-order valence-corrected chi connectivity index (χ3v) is 7.76. The molecule has 8 heteroatoms. The molecule has 1 N–H and O–H groups in total. The fraction of sp³-hybridized carbons (Fsp3) is 0.480. The number of hydrogen-bond acceptors (Lipinski definition) is 6. The number of benzene rings is 2. The molecule has 0 aliphatic carbocycles. The number of anilines is 2. The summed E-state index contributed by atoms with van der Waals surface area (Å²) < 4.78 is 32.3. The first-order valence-electron chi connectivity index (χ1n) is 11.6. The zero-order valence-electron chi connectivity index (χ0n) is 19.8. The minimum absolute atomic E-state index is 0.0107. The molecule has 0 atom stereocenters. The highest BCUT2D eigenvalue weighted by atomic mass is 32.2. The lowest BCUT2D eigenvalue weighted by Gasteiger charge is -2.36. The lowest BCUT2D eigenvalue weighted by Crippen LogP contribution is -2.46. The minimum Gasteiger partial charge on any atom is -0.495 e. The summed E-state index contributed by atoms with van der Waals surface area (Å²) in [5.41, 5.74) is 2.07. The molecule has 180 valence electrons. The number of methoxy groups -OCH3 is 1. The van der Waals surface area contributed by atoms with Gasteiger partial charge in [0, 0.05) is 43.9 Å². The van der Waals surface area contributed by atoms with Gasteiger partial charge in [0.1, 0.15) is 5.75 Å². The van der Waals surface area contributed by atoms with Crippen LogP contribution in [-0.4, -0.2) is 64.2 Å². The number of para-hydroxylation sites is 1. The molecule has 0 aromatic heterocycles. The van der Waals surface area contributed by atoms with Gasteiger partial charge in [-0.15, -0.1) is 0 Å². The second-order valence-corrected chi connectivity index (χ2v) is 10.9. The van der Waals surface area contributed by atoms with Gasteiger partial charge in [-0.3, -0.25) is 14.4 Å². The van der Waals surface area contributed by atoms with E-state index in [9.17, 15) is 13.2 Å². The van der Waals surface area contributed by atoms with Crippen LogP contribution in [0.3, 0.4) is 0 Å². The van der Waals surface area contributed by atoms with Crippen molar-refractivity contribution in [2.45, 2.75) is 38.4 Å². The van der Waals surface area contributed by atoms with Gasteiger partial charge in [0.25, 0.3) is 0 Å². The lowest BCUT2D eigenvalue weighted by molar-refractivity contribution is 0.0977. The molecule has 0 saturated carbocycles. The number of ketones is 1. The van der Waals surface area contributed by atoms with Crippen LogP contribution in [0.15, 0.2) is 48.5 Å². The van der Waals surface area contributed by atoms with Crippen molar-refractivity contribution in [1.29, 1.82) is 0 Å². The first-order valence-corrected chi connectivity index (χ1v) is 13.1. The SMILES string of the molecule is COc1ccc(C(=O)CCCCN2CCN(c3ccccc3)CC2)cc1NS(=O)(=O)C(C)C. The molecule has 1 saturated heterocycles. The van der Waals surface area contributed by atoms with Gasteiger partial charge < -0.3 is 9.64 Å². The van der Waals surface area contributed by atoms with E-state index >= 15 is 0 Å². The van der Waals surface area contributed by atoms with Crippen LogP contribution in [0.25, 0.3) is 0 Å². The molecule has 0 amide bonds. The second-order valence-electron chi connectivity index (χ2n) is 8.66. The smallest absolute Gasteiger partial charge is 0.235 e. The van der Waals surface area contributed by atoms with Crippen LogP contribution in [0.1, 0.15) is 43.5 Å². The highest BCUT2D eigenvalue weighted by Gasteiger charge is 2.20. The van der Waals surface area contributed by atoms with Crippen LogP contribution in [0.4, 0.5) is 11.4 Å². The third kappa shape index (κ3) is 6.95. The number of unbranched alkanes of at least 4 members (excludes halogenated alkanes) is 1. The summed E-state index contributed by atoms with van der Waals surface area (Å²) in [5.74, 6) is 0.405. The van der Waals surface area contributed by atoms with E-state index in [0.717, 1.165) is 45.6 Å². The Bertz CT molecular complexity index is 1020. The maximum absolute atomic E-state index is 12.7. The minimum atomic E-state index is -3.53. The molecular weight excluding hydrogens is 438 g/mol. The van der Waals surface area contributed by atoms with Gasteiger partial charge >= 0.3 is 0 Å². The van der Waals surface area contributed by atoms with E-state index < -0.39 is 15.3 Å². The Hall–Kier alpha value is -2.58. The van der Waals surface area contributed by atoms with Crippen molar-refractivity contribution in [2.24, 2.45) is 0 Å². The van der Waals surface area contributed by atoms with Crippen LogP contribution in [-0.2, 0) is 10.0 Å². The molecule has 0 radical (unpaired) electrons. The van der Waals surface area contributed by atoms with E-state index in [2.05, 4.69) is 38.8 Å². The number of hydrogen-bond donors (Lipinski definition) is 1. The molecule has 33 heavy (non-hydrogen) atoms. The molecule has 2 aromatic carbocycles. The lowest BCUT2D eigenvalue weighted by atomic mass is 10.0. The maximum atomic E-state index is 12.7. The molecule has 3 rings (SSSR count). The van der Waals surface area contributed by atoms with Crippen molar-refractivity contribution in [3.8, 4) is 5.75 Å². The van der Waals surface area contributed by atoms with Crippen LogP contribution in [0.2, 0.25) is 0 Å². The summed E-state index contributed by atoms with van der Waals surface area (Å²) >= 11 is 0. The molecule has 0 unspecified atom stereocenters. The predicted octanol–water partition coefficient (Wildman–Crippen LogP) is 4.02. The highest BCUT2D eigenvalue weighted by Crippen LogP contribution is 2.28. The van der Waals surface area contributed by atoms with E-state index in [0.29, 0.717) is 23.4 Å². The van der Waals surface area contributed by atoms with Gasteiger partial charge in [-0.2, -0.15) is 0 Å². The summed E-state index contributed by atoms with van der Waals surface area (Å²) in [7, 11) is -2.06. The van der Waals surface area contributed by atoms with Crippen LogP contribution in [0.5, 0.6) is 5.75 Å². The maximum Gasteiger partial charge on any atom is 0.235 e. The number of rotatable bonds is 11. The van der Waals surface area contributed by atoms with Crippen LogP contribution >= 0.6 is 0 Å². The number of nitrogens with one attached hydrogen (secondary N) is 1. The summed E-state index contributed by atoms with van der Waals surface area (Å²) in [6.07, 6.45) is 2.20. The molecule has 7 nitrogen and oxygen atoms in total. The summed E-state index contributed by atoms with van der Waals surface area (Å²) in [5, 5.41) is -0.587. The van der Waals surface area contributed by atoms with Crippen molar-refractivity contribution in [3.63, 3.8) is 0 Å². The molecule has 0 spiro atoms. The third-order valence-electron chi connectivity index (χ3n) is 6.02. The monoisotopic (exact) mass is 473 g/mol. The Kier molecular flexibility index (Phi) is 8.74. The molecule has 0 bridgehead atoms. The van der Waals surface area contributed by atoms with E-state index in [1.54, 1.807) is 32.0 Å². The fourth-order valence-corrected chi connectivity index (χ4v) is 4.57. The Morgan fingerprint density at radius 2 is 1.73 bits per heavy atom. The zero-order chi connectivity index (χ0) is 23.8. The van der Waals surface area contributed by atoms with Crippen LogP contribution in [0, 0.1) is 0 Å². The Morgan fingerprint density at radius 3 is 2.36 bits per heavy atom. The number of carbonyl (C=O) groups excluding carboxylic acids is 1. The van der Waals surface area contributed by atoms with Crippen molar-refractivity contribution >= 4 is 27.2 Å². The normalized spacial score (nSPS) is 15.0. The van der Waals surface area contributed by atoms with E-state index in [4.69, 9.17) is 4.74 Å². The number of Topliss-reactive ketones (excluding diaryl/α,β-unsaturated/α-hetero) is 1. The molecule has 1 aliphatic rings. The van der Waals surface area contributed by atoms with Crippen LogP contribution < -0.4 is 14.4 Å². The fourth-order valence-electron chi connectivity index (χ4n) is 3.87. The Labute approximate surface area is 197 Å². The van der Waals surface area contributed by atoms with Crippen molar-refractivity contribution < 1.29 is 17.9 Å². The van der Waals surface area contributed by atoms with Gasteiger partial charge in [-0.1, -0.05) is 18.2 Å². The largest absolute Gasteiger partial charge is 0.495 e. The topological polar surface area (TPSA) is 79.0 Å². The number of sulfonamides is 1. The predicted molar refractivity (Wildman–Crippen MR) is 134 cm³/mol. The standard InChI is InChI=1S/C25H35N3O4S/c1-20(2)33(30,31)26-23-19-21(12-13-25(23)32-3)24(29)11-7-8-14-27-15-17-28(18-16-27)22-9-5-4-6-10-22/h4-6,9-10,12-13,19-20,26H,7-8,11,14-18H2,1-3H3. The molecule has 1 aliphatic heterocycles. The first kappa shape index (κ1) is 25.1. The van der Waals surface area contributed by atoms with Gasteiger partial charge in [0.05, 0.1) is 18.0 Å². The van der Waals surface area contributed by atoms with Gasteiger partial charge in [0.2, 0.25) is 10.0 Å². The highest BCUT2D eigenvalue weighted by molar-refractivity contribution is 7.93. The Morgan fingerprint density at radius 1 is 1.03 bits per heavy atom. The molecular formula is C25H35N3O4S.